The number of nitrogens with zero attached hydrogens (tertiary/aromatic N) is 1. The minimum absolute atomic E-state index is 0.0299. The number of phenols is 1. The molecule has 1 heterocycles. The molecule has 3 amide bonds. The maximum Gasteiger partial charge on any atom is 0.333 e. The number of amides is 3. The van der Waals surface area contributed by atoms with Gasteiger partial charge >= 0.3 is 6.03 Å². The van der Waals surface area contributed by atoms with E-state index in [0.717, 1.165) is 4.90 Å². The fourth-order valence-corrected chi connectivity index (χ4v) is 3.60. The third kappa shape index (κ3) is 3.19. The summed E-state index contributed by atoms with van der Waals surface area (Å²) in [7, 11) is 0. The van der Waals surface area contributed by atoms with E-state index in [1.165, 1.54) is 6.08 Å². The predicted molar refractivity (Wildman–Crippen MR) is 99.0 cm³/mol. The van der Waals surface area contributed by atoms with Crippen LogP contribution in [-0.2, 0) is 4.79 Å². The molecule has 0 spiro atoms. The molecule has 5 nitrogen and oxygen atoms in total. The second-order valence-corrected chi connectivity index (χ2v) is 7.14. The zero-order valence-corrected chi connectivity index (χ0v) is 15.8. The van der Waals surface area contributed by atoms with Crippen LogP contribution in [-0.4, -0.2) is 17.0 Å². The van der Waals surface area contributed by atoms with Crippen molar-refractivity contribution < 1.29 is 14.7 Å². The van der Waals surface area contributed by atoms with Gasteiger partial charge in [-0.3, -0.25) is 4.79 Å². The average Bonchev–Trinajstić information content (AvgIpc) is 2.80. The van der Waals surface area contributed by atoms with E-state index in [4.69, 9.17) is 11.6 Å². The van der Waals surface area contributed by atoms with E-state index < -0.39 is 11.9 Å². The van der Waals surface area contributed by atoms with E-state index in [1.807, 2.05) is 0 Å². The van der Waals surface area contributed by atoms with Crippen LogP contribution in [0.1, 0.15) is 5.56 Å². The molecule has 2 aromatic carbocycles. The van der Waals surface area contributed by atoms with Crippen LogP contribution in [0, 0.1) is 0 Å². The van der Waals surface area contributed by atoms with E-state index in [2.05, 4.69) is 37.2 Å². The third-order valence-electron chi connectivity index (χ3n) is 3.32. The smallest absolute Gasteiger partial charge is 0.333 e. The molecule has 1 aliphatic rings. The van der Waals surface area contributed by atoms with E-state index >= 15 is 0 Å². The van der Waals surface area contributed by atoms with E-state index in [9.17, 15) is 14.7 Å². The Balaban J connectivity index is 1.98. The topological polar surface area (TPSA) is 69.6 Å². The average molecular weight is 473 g/mol. The molecule has 0 aliphatic carbocycles. The van der Waals surface area contributed by atoms with Crippen molar-refractivity contribution in [3.63, 3.8) is 0 Å². The quantitative estimate of drug-likeness (QED) is 0.493. The molecule has 1 fully saturated rings. The van der Waals surface area contributed by atoms with Gasteiger partial charge in [0.2, 0.25) is 0 Å². The van der Waals surface area contributed by atoms with E-state index in [0.29, 0.717) is 25.2 Å². The van der Waals surface area contributed by atoms with Crippen molar-refractivity contribution in [2.75, 3.05) is 4.90 Å². The number of benzene rings is 2. The van der Waals surface area contributed by atoms with Crippen molar-refractivity contribution in [1.29, 1.82) is 0 Å². The Labute approximate surface area is 159 Å². The molecule has 0 bridgehead atoms. The van der Waals surface area contributed by atoms with Crippen LogP contribution in [0.2, 0.25) is 5.02 Å². The number of carbonyl (C=O) groups excluding carboxylic acids is 2. The van der Waals surface area contributed by atoms with Gasteiger partial charge in [0.1, 0.15) is 11.4 Å². The van der Waals surface area contributed by atoms with Gasteiger partial charge in [-0.25, -0.2) is 9.69 Å². The summed E-state index contributed by atoms with van der Waals surface area (Å²) in [4.78, 5) is 25.7. The van der Waals surface area contributed by atoms with Crippen LogP contribution < -0.4 is 10.2 Å². The number of nitrogens with one attached hydrogen (secondary N) is 1. The zero-order chi connectivity index (χ0) is 17.4. The Morgan fingerprint density at radius 1 is 1.12 bits per heavy atom. The first-order valence-corrected chi connectivity index (χ1v) is 8.64. The highest BCUT2D eigenvalue weighted by atomic mass is 79.9. The number of halogens is 3. The first-order chi connectivity index (χ1) is 11.4. The van der Waals surface area contributed by atoms with Crippen molar-refractivity contribution in [2.24, 2.45) is 0 Å². The summed E-state index contributed by atoms with van der Waals surface area (Å²) >= 11 is 12.4. The number of carbonyl (C=O) groups is 2. The minimum Gasteiger partial charge on any atom is -0.506 e. The number of anilines is 1. The number of phenolic OH excluding ortho intramolecular Hbond substituents is 1. The number of urea groups is 1. The lowest BCUT2D eigenvalue weighted by Gasteiger charge is -2.11. The summed E-state index contributed by atoms with van der Waals surface area (Å²) in [5.41, 5.74) is 0.859. The van der Waals surface area contributed by atoms with Crippen molar-refractivity contribution >= 4 is 67.2 Å². The van der Waals surface area contributed by atoms with Gasteiger partial charge in [-0.05, 0) is 58.4 Å². The maximum atomic E-state index is 12.5. The van der Waals surface area contributed by atoms with Crippen LogP contribution in [0.15, 0.2) is 51.0 Å². The standard InChI is InChI=1S/C16H9Br2ClN2O3/c17-9-5-8(14(22)12(18)7-9)6-13-15(23)21(16(24)20-13)11-3-1-10(19)2-4-11/h1-7,22H,(H,20,24)/b13-6+. The second kappa shape index (κ2) is 6.58. The summed E-state index contributed by atoms with van der Waals surface area (Å²) in [5, 5.41) is 13.1. The summed E-state index contributed by atoms with van der Waals surface area (Å²) in [6.07, 6.45) is 1.42. The fourth-order valence-electron chi connectivity index (χ4n) is 2.21. The van der Waals surface area contributed by atoms with E-state index in [1.54, 1.807) is 36.4 Å². The van der Waals surface area contributed by atoms with Gasteiger partial charge < -0.3 is 10.4 Å². The van der Waals surface area contributed by atoms with E-state index in [-0.39, 0.29) is 11.4 Å². The van der Waals surface area contributed by atoms with Gasteiger partial charge in [-0.2, -0.15) is 0 Å². The highest BCUT2D eigenvalue weighted by Gasteiger charge is 2.35. The summed E-state index contributed by atoms with van der Waals surface area (Å²) in [5.74, 6) is -0.546. The predicted octanol–water partition coefficient (Wildman–Crippen LogP) is 4.67. The highest BCUT2D eigenvalue weighted by Crippen LogP contribution is 2.33. The molecular weight excluding hydrogens is 463 g/mol. The molecule has 0 unspecified atom stereocenters. The Kier molecular flexibility index (Phi) is 4.67. The first-order valence-electron chi connectivity index (χ1n) is 6.67. The van der Waals surface area contributed by atoms with Gasteiger partial charge in [-0.1, -0.05) is 27.5 Å². The van der Waals surface area contributed by atoms with Gasteiger partial charge in [0, 0.05) is 15.1 Å². The molecule has 0 saturated carbocycles. The van der Waals surface area contributed by atoms with Gasteiger partial charge in [0.05, 0.1) is 10.2 Å². The zero-order valence-electron chi connectivity index (χ0n) is 11.9. The van der Waals surface area contributed by atoms with Crippen LogP contribution >= 0.6 is 43.5 Å². The lowest BCUT2D eigenvalue weighted by Crippen LogP contribution is -2.30. The van der Waals surface area contributed by atoms with Crippen LogP contribution in [0.25, 0.3) is 6.08 Å². The Morgan fingerprint density at radius 2 is 1.79 bits per heavy atom. The monoisotopic (exact) mass is 470 g/mol. The first kappa shape index (κ1) is 17.0. The number of imide groups is 1. The fraction of sp³-hybridized carbons (Fsp3) is 0. The molecule has 2 aromatic rings. The van der Waals surface area contributed by atoms with Gasteiger partial charge in [-0.15, -0.1) is 0 Å². The number of hydrogen-bond donors (Lipinski definition) is 2. The summed E-state index contributed by atoms with van der Waals surface area (Å²) in [6.45, 7) is 0. The third-order valence-corrected chi connectivity index (χ3v) is 4.63. The maximum absolute atomic E-state index is 12.5. The molecule has 1 saturated heterocycles. The number of aromatic hydroxyl groups is 1. The molecule has 24 heavy (non-hydrogen) atoms. The summed E-state index contributed by atoms with van der Waals surface area (Å²) < 4.78 is 1.18. The molecule has 2 N–H and O–H groups in total. The van der Waals surface area contributed by atoms with Crippen LogP contribution in [0.5, 0.6) is 5.75 Å². The number of hydrogen-bond acceptors (Lipinski definition) is 3. The molecule has 0 aromatic heterocycles. The van der Waals surface area contributed by atoms with Gasteiger partial charge in [0.15, 0.2) is 0 Å². The van der Waals surface area contributed by atoms with Crippen molar-refractivity contribution in [1.82, 2.24) is 5.32 Å². The largest absolute Gasteiger partial charge is 0.506 e. The lowest BCUT2D eigenvalue weighted by atomic mass is 10.1. The van der Waals surface area contributed by atoms with Crippen LogP contribution in [0.3, 0.4) is 0 Å². The SMILES string of the molecule is O=C1N/C(=C/c2cc(Br)cc(Br)c2O)C(=O)N1c1ccc(Cl)cc1. The summed E-state index contributed by atoms with van der Waals surface area (Å²) in [6, 6.07) is 9.09. The molecular formula is C16H9Br2ClN2O3. The molecule has 0 atom stereocenters. The lowest BCUT2D eigenvalue weighted by molar-refractivity contribution is -0.113. The Hall–Kier alpha value is -1.83. The second-order valence-electron chi connectivity index (χ2n) is 4.93. The minimum atomic E-state index is -0.567. The van der Waals surface area contributed by atoms with Crippen molar-refractivity contribution in [2.45, 2.75) is 0 Å². The Morgan fingerprint density at radius 3 is 2.46 bits per heavy atom. The highest BCUT2D eigenvalue weighted by molar-refractivity contribution is 9.11. The molecule has 0 radical (unpaired) electrons. The molecule has 3 rings (SSSR count). The van der Waals surface area contributed by atoms with Crippen molar-refractivity contribution in [3.05, 3.63) is 61.6 Å². The molecule has 1 aliphatic heterocycles. The normalized spacial score (nSPS) is 16.0. The van der Waals surface area contributed by atoms with Crippen molar-refractivity contribution in [3.8, 4) is 5.75 Å². The molecule has 8 heteroatoms. The van der Waals surface area contributed by atoms with Crippen LogP contribution in [0.4, 0.5) is 10.5 Å². The Bertz CT molecular complexity index is 882. The molecule has 122 valence electrons. The van der Waals surface area contributed by atoms with Gasteiger partial charge in [0.25, 0.3) is 5.91 Å². The number of rotatable bonds is 2.